The van der Waals surface area contributed by atoms with Crippen LogP contribution >= 0.6 is 11.3 Å². The van der Waals surface area contributed by atoms with Gasteiger partial charge in [-0.1, -0.05) is 31.4 Å². The van der Waals surface area contributed by atoms with Crippen LogP contribution in [0, 0.1) is 5.92 Å². The standard InChI is InChI=1S/C24H31N3O2S/c28-23(25-21-6-2-1-3-7-21)19-9-12-27(13-10-19)16-18-5-4-8-22(15-18)26-24(29)20-11-14-30-17-20/h4-5,8,11,14-15,17,19,21H,1-3,6-7,9-10,12-13,16H2,(H,25,28)(H,26,29). The number of anilines is 1. The maximum absolute atomic E-state index is 12.6. The summed E-state index contributed by atoms with van der Waals surface area (Å²) in [5, 5.41) is 10.0. The van der Waals surface area contributed by atoms with Crippen LogP contribution in [0.25, 0.3) is 0 Å². The second-order valence-electron chi connectivity index (χ2n) is 8.56. The van der Waals surface area contributed by atoms with E-state index in [1.807, 2.05) is 35.0 Å². The summed E-state index contributed by atoms with van der Waals surface area (Å²) in [4.78, 5) is 27.3. The molecule has 0 unspecified atom stereocenters. The monoisotopic (exact) mass is 425 g/mol. The molecule has 0 radical (unpaired) electrons. The van der Waals surface area contributed by atoms with E-state index in [-0.39, 0.29) is 17.7 Å². The molecule has 5 nitrogen and oxygen atoms in total. The molecule has 2 N–H and O–H groups in total. The lowest BCUT2D eigenvalue weighted by molar-refractivity contribution is -0.127. The van der Waals surface area contributed by atoms with Crippen molar-refractivity contribution in [2.45, 2.75) is 57.5 Å². The number of amides is 2. The van der Waals surface area contributed by atoms with E-state index in [4.69, 9.17) is 0 Å². The SMILES string of the molecule is O=C(Nc1cccc(CN2CCC(C(=O)NC3CCCCC3)CC2)c1)c1ccsc1. The molecule has 1 aliphatic carbocycles. The topological polar surface area (TPSA) is 61.4 Å². The molecule has 2 aromatic rings. The quantitative estimate of drug-likeness (QED) is 0.707. The first-order chi connectivity index (χ1) is 14.7. The zero-order chi connectivity index (χ0) is 20.8. The summed E-state index contributed by atoms with van der Waals surface area (Å²) >= 11 is 1.52. The number of piperidine rings is 1. The molecule has 0 atom stereocenters. The zero-order valence-electron chi connectivity index (χ0n) is 17.4. The number of carbonyl (C=O) groups is 2. The van der Waals surface area contributed by atoms with Gasteiger partial charge in [-0.05, 0) is 67.9 Å². The maximum atomic E-state index is 12.6. The summed E-state index contributed by atoms with van der Waals surface area (Å²) in [5.74, 6) is 0.345. The molecular weight excluding hydrogens is 394 g/mol. The molecule has 0 bridgehead atoms. The van der Waals surface area contributed by atoms with Crippen molar-refractivity contribution >= 4 is 28.8 Å². The Labute approximate surface area is 182 Å². The largest absolute Gasteiger partial charge is 0.353 e. The minimum absolute atomic E-state index is 0.0711. The Morgan fingerprint density at radius 1 is 1.03 bits per heavy atom. The number of hydrogen-bond donors (Lipinski definition) is 2. The van der Waals surface area contributed by atoms with Gasteiger partial charge in [-0.2, -0.15) is 11.3 Å². The van der Waals surface area contributed by atoms with Crippen molar-refractivity contribution in [1.29, 1.82) is 0 Å². The Balaban J connectivity index is 1.24. The van der Waals surface area contributed by atoms with Crippen LogP contribution in [0.1, 0.15) is 60.9 Å². The van der Waals surface area contributed by atoms with Gasteiger partial charge in [-0.25, -0.2) is 0 Å². The number of carbonyl (C=O) groups excluding carboxylic acids is 2. The molecule has 160 valence electrons. The molecule has 1 aliphatic heterocycles. The predicted molar refractivity (Wildman–Crippen MR) is 122 cm³/mol. The third kappa shape index (κ3) is 5.70. The molecule has 2 heterocycles. The van der Waals surface area contributed by atoms with E-state index in [1.165, 1.54) is 36.2 Å². The number of thiophene rings is 1. The van der Waals surface area contributed by atoms with Gasteiger partial charge >= 0.3 is 0 Å². The van der Waals surface area contributed by atoms with Crippen molar-refractivity contribution in [2.75, 3.05) is 18.4 Å². The molecule has 2 aliphatic rings. The molecule has 1 saturated heterocycles. The third-order valence-electron chi connectivity index (χ3n) is 6.28. The maximum Gasteiger partial charge on any atom is 0.256 e. The smallest absolute Gasteiger partial charge is 0.256 e. The lowest BCUT2D eigenvalue weighted by atomic mass is 9.92. The first-order valence-corrected chi connectivity index (χ1v) is 12.1. The van der Waals surface area contributed by atoms with Crippen molar-refractivity contribution in [3.05, 3.63) is 52.2 Å². The fraction of sp³-hybridized carbons (Fsp3) is 0.500. The highest BCUT2D eigenvalue weighted by atomic mass is 32.1. The first kappa shape index (κ1) is 21.1. The highest BCUT2D eigenvalue weighted by Crippen LogP contribution is 2.23. The zero-order valence-corrected chi connectivity index (χ0v) is 18.3. The van der Waals surface area contributed by atoms with Crippen LogP contribution in [0.15, 0.2) is 41.1 Å². The van der Waals surface area contributed by atoms with E-state index in [1.54, 1.807) is 0 Å². The predicted octanol–water partition coefficient (Wildman–Crippen LogP) is 4.66. The number of nitrogens with zero attached hydrogens (tertiary/aromatic N) is 1. The summed E-state index contributed by atoms with van der Waals surface area (Å²) in [7, 11) is 0. The van der Waals surface area contributed by atoms with Crippen molar-refractivity contribution < 1.29 is 9.59 Å². The van der Waals surface area contributed by atoms with Crippen molar-refractivity contribution in [3.8, 4) is 0 Å². The van der Waals surface area contributed by atoms with Crippen LogP contribution in [-0.2, 0) is 11.3 Å². The van der Waals surface area contributed by atoms with Gasteiger partial charge in [0.15, 0.2) is 0 Å². The normalized spacial score (nSPS) is 18.8. The van der Waals surface area contributed by atoms with E-state index in [0.717, 1.165) is 51.0 Å². The highest BCUT2D eigenvalue weighted by molar-refractivity contribution is 7.08. The molecule has 4 rings (SSSR count). The summed E-state index contributed by atoms with van der Waals surface area (Å²) in [6, 6.07) is 10.3. The van der Waals surface area contributed by atoms with Gasteiger partial charge in [0.25, 0.3) is 5.91 Å². The van der Waals surface area contributed by atoms with Gasteiger partial charge < -0.3 is 10.6 Å². The van der Waals surface area contributed by atoms with Crippen LogP contribution in [0.3, 0.4) is 0 Å². The summed E-state index contributed by atoms with van der Waals surface area (Å²) in [5.41, 5.74) is 2.70. The van der Waals surface area contributed by atoms with Crippen molar-refractivity contribution in [2.24, 2.45) is 5.92 Å². The Kier molecular flexibility index (Phi) is 7.18. The summed E-state index contributed by atoms with van der Waals surface area (Å²) in [6.07, 6.45) is 7.93. The molecule has 1 aromatic heterocycles. The summed E-state index contributed by atoms with van der Waals surface area (Å²) < 4.78 is 0. The van der Waals surface area contributed by atoms with E-state index < -0.39 is 0 Å². The second kappa shape index (κ2) is 10.2. The van der Waals surface area contributed by atoms with Crippen molar-refractivity contribution in [3.63, 3.8) is 0 Å². The Morgan fingerprint density at radius 3 is 2.57 bits per heavy atom. The minimum atomic E-state index is -0.0711. The number of rotatable bonds is 6. The van der Waals surface area contributed by atoms with E-state index in [0.29, 0.717) is 11.6 Å². The molecule has 0 spiro atoms. The highest BCUT2D eigenvalue weighted by Gasteiger charge is 2.27. The average Bonchev–Trinajstić information content (AvgIpc) is 3.30. The van der Waals surface area contributed by atoms with Crippen LogP contribution in [0.4, 0.5) is 5.69 Å². The van der Waals surface area contributed by atoms with E-state index >= 15 is 0 Å². The minimum Gasteiger partial charge on any atom is -0.353 e. The number of likely N-dealkylation sites (tertiary alicyclic amines) is 1. The lowest BCUT2D eigenvalue weighted by Crippen LogP contribution is -2.44. The third-order valence-corrected chi connectivity index (χ3v) is 6.97. The van der Waals surface area contributed by atoms with Gasteiger partial charge in [-0.3, -0.25) is 14.5 Å². The molecule has 6 heteroatoms. The second-order valence-corrected chi connectivity index (χ2v) is 9.34. The lowest BCUT2D eigenvalue weighted by Gasteiger charge is -2.32. The first-order valence-electron chi connectivity index (χ1n) is 11.1. The Hall–Kier alpha value is -2.18. The number of nitrogens with one attached hydrogen (secondary N) is 2. The molecule has 1 saturated carbocycles. The van der Waals surface area contributed by atoms with Crippen LogP contribution in [0.5, 0.6) is 0 Å². The molecule has 2 fully saturated rings. The van der Waals surface area contributed by atoms with Gasteiger partial charge in [0.05, 0.1) is 5.56 Å². The molecule has 30 heavy (non-hydrogen) atoms. The van der Waals surface area contributed by atoms with Gasteiger partial charge in [0, 0.05) is 29.6 Å². The Bertz CT molecular complexity index is 838. The number of hydrogen-bond acceptors (Lipinski definition) is 4. The van der Waals surface area contributed by atoms with Gasteiger partial charge in [0.2, 0.25) is 5.91 Å². The van der Waals surface area contributed by atoms with E-state index in [9.17, 15) is 9.59 Å². The van der Waals surface area contributed by atoms with Gasteiger partial charge in [-0.15, -0.1) is 0 Å². The number of benzene rings is 1. The fourth-order valence-corrected chi connectivity index (χ4v) is 5.16. The fourth-order valence-electron chi connectivity index (χ4n) is 4.52. The Morgan fingerprint density at radius 2 is 1.83 bits per heavy atom. The summed E-state index contributed by atoms with van der Waals surface area (Å²) in [6.45, 7) is 2.72. The van der Waals surface area contributed by atoms with E-state index in [2.05, 4.69) is 21.6 Å². The molecular formula is C24H31N3O2S. The van der Waals surface area contributed by atoms with Crippen molar-refractivity contribution in [1.82, 2.24) is 10.2 Å². The molecule has 1 aromatic carbocycles. The van der Waals surface area contributed by atoms with Gasteiger partial charge in [0.1, 0.15) is 0 Å². The van der Waals surface area contributed by atoms with Crippen LogP contribution in [-0.4, -0.2) is 35.8 Å². The van der Waals surface area contributed by atoms with Crippen LogP contribution in [0.2, 0.25) is 0 Å². The average molecular weight is 426 g/mol. The van der Waals surface area contributed by atoms with Crippen LogP contribution < -0.4 is 10.6 Å². The molecule has 2 amide bonds.